The lowest BCUT2D eigenvalue weighted by Crippen LogP contribution is -2.19. The van der Waals surface area contributed by atoms with E-state index < -0.39 is 0 Å². The number of aryl methyl sites for hydroxylation is 1. The van der Waals surface area contributed by atoms with Crippen LogP contribution in [0, 0.1) is 6.92 Å². The maximum atomic E-state index is 11.9. The van der Waals surface area contributed by atoms with Crippen molar-refractivity contribution >= 4 is 22.8 Å². The summed E-state index contributed by atoms with van der Waals surface area (Å²) in [5.41, 5.74) is 7.34. The Kier molecular flexibility index (Phi) is 3.28. The highest BCUT2D eigenvalue weighted by molar-refractivity contribution is 5.90. The number of hydrogen-bond acceptors (Lipinski definition) is 3. The molecule has 104 valence electrons. The summed E-state index contributed by atoms with van der Waals surface area (Å²) in [6.45, 7) is 1.83. The summed E-state index contributed by atoms with van der Waals surface area (Å²) < 4.78 is 1.20. The molecule has 0 aliphatic rings. The molecule has 0 radical (unpaired) electrons. The zero-order valence-corrected chi connectivity index (χ0v) is 11.7. The third kappa shape index (κ3) is 2.69. The summed E-state index contributed by atoms with van der Waals surface area (Å²) in [6, 6.07) is 17.3. The van der Waals surface area contributed by atoms with E-state index in [1.54, 1.807) is 12.3 Å². The molecule has 4 heteroatoms. The number of benzene rings is 2. The highest BCUT2D eigenvalue weighted by Crippen LogP contribution is 2.14. The maximum Gasteiger partial charge on any atom is 0.273 e. The number of anilines is 1. The van der Waals surface area contributed by atoms with Crippen molar-refractivity contribution in [1.82, 2.24) is 4.68 Å². The Morgan fingerprint density at radius 3 is 2.57 bits per heavy atom. The SMILES string of the molecule is Cc1cc(N)n(/N=C\c2ccc3ccccc3c2)c(=O)c1. The molecule has 3 rings (SSSR count). The van der Waals surface area contributed by atoms with Crippen molar-refractivity contribution in [2.24, 2.45) is 5.10 Å². The molecule has 4 nitrogen and oxygen atoms in total. The molecular formula is C17H15N3O. The number of pyridine rings is 1. The summed E-state index contributed by atoms with van der Waals surface area (Å²) in [4.78, 5) is 11.9. The van der Waals surface area contributed by atoms with Gasteiger partial charge in [0.05, 0.1) is 6.21 Å². The van der Waals surface area contributed by atoms with Crippen LogP contribution in [0.1, 0.15) is 11.1 Å². The van der Waals surface area contributed by atoms with Gasteiger partial charge in [-0.1, -0.05) is 36.4 Å². The quantitative estimate of drug-likeness (QED) is 0.732. The lowest BCUT2D eigenvalue weighted by Gasteiger charge is -2.04. The van der Waals surface area contributed by atoms with Gasteiger partial charge in [-0.2, -0.15) is 9.78 Å². The minimum absolute atomic E-state index is 0.232. The molecule has 1 heterocycles. The predicted octanol–water partition coefficient (Wildman–Crippen LogP) is 2.77. The van der Waals surface area contributed by atoms with Gasteiger partial charge in [-0.25, -0.2) is 0 Å². The molecule has 0 fully saturated rings. The first-order valence-corrected chi connectivity index (χ1v) is 6.66. The fraction of sp³-hybridized carbons (Fsp3) is 0.0588. The van der Waals surface area contributed by atoms with E-state index >= 15 is 0 Å². The third-order valence-electron chi connectivity index (χ3n) is 3.28. The van der Waals surface area contributed by atoms with Crippen molar-refractivity contribution in [3.05, 3.63) is 76.1 Å². The molecule has 0 aliphatic heterocycles. The van der Waals surface area contributed by atoms with Crippen LogP contribution in [0.4, 0.5) is 5.82 Å². The van der Waals surface area contributed by atoms with Gasteiger partial charge in [-0.3, -0.25) is 4.79 Å². The van der Waals surface area contributed by atoms with E-state index in [1.807, 2.05) is 43.3 Å². The van der Waals surface area contributed by atoms with Gasteiger partial charge >= 0.3 is 0 Å². The van der Waals surface area contributed by atoms with Crippen molar-refractivity contribution < 1.29 is 0 Å². The first-order chi connectivity index (χ1) is 10.1. The van der Waals surface area contributed by atoms with Crippen LogP contribution in [0.5, 0.6) is 0 Å². The van der Waals surface area contributed by atoms with Crippen LogP contribution in [0.25, 0.3) is 10.8 Å². The molecule has 0 saturated carbocycles. The van der Waals surface area contributed by atoms with Crippen LogP contribution in [-0.4, -0.2) is 10.9 Å². The van der Waals surface area contributed by atoms with E-state index in [4.69, 9.17) is 5.73 Å². The van der Waals surface area contributed by atoms with E-state index in [0.717, 1.165) is 16.5 Å². The fourth-order valence-corrected chi connectivity index (χ4v) is 2.26. The molecule has 2 N–H and O–H groups in total. The van der Waals surface area contributed by atoms with E-state index in [9.17, 15) is 4.79 Å². The van der Waals surface area contributed by atoms with E-state index in [0.29, 0.717) is 5.82 Å². The number of rotatable bonds is 2. The number of nitrogen functional groups attached to an aromatic ring is 1. The van der Waals surface area contributed by atoms with Crippen LogP contribution < -0.4 is 11.3 Å². The molecule has 3 aromatic rings. The normalized spacial score (nSPS) is 11.3. The van der Waals surface area contributed by atoms with Gasteiger partial charge in [0.1, 0.15) is 5.82 Å². The molecule has 1 aromatic heterocycles. The third-order valence-corrected chi connectivity index (χ3v) is 3.28. The Hall–Kier alpha value is -2.88. The van der Waals surface area contributed by atoms with Gasteiger partial charge in [-0.15, -0.1) is 0 Å². The second kappa shape index (κ2) is 5.25. The Bertz CT molecular complexity index is 894. The smallest absolute Gasteiger partial charge is 0.273 e. The van der Waals surface area contributed by atoms with Crippen LogP contribution in [0.2, 0.25) is 0 Å². The molecule has 21 heavy (non-hydrogen) atoms. The van der Waals surface area contributed by atoms with Crippen molar-refractivity contribution in [2.45, 2.75) is 6.92 Å². The molecule has 0 saturated heterocycles. The van der Waals surface area contributed by atoms with E-state index in [2.05, 4.69) is 11.2 Å². The highest BCUT2D eigenvalue weighted by atomic mass is 16.1. The zero-order valence-electron chi connectivity index (χ0n) is 11.7. The van der Waals surface area contributed by atoms with Gasteiger partial charge < -0.3 is 5.73 Å². The van der Waals surface area contributed by atoms with Crippen molar-refractivity contribution in [3.8, 4) is 0 Å². The first-order valence-electron chi connectivity index (χ1n) is 6.66. The fourth-order valence-electron chi connectivity index (χ4n) is 2.26. The van der Waals surface area contributed by atoms with E-state index in [-0.39, 0.29) is 5.56 Å². The van der Waals surface area contributed by atoms with Crippen LogP contribution in [0.15, 0.2) is 64.5 Å². The van der Waals surface area contributed by atoms with E-state index in [1.165, 1.54) is 16.1 Å². The van der Waals surface area contributed by atoms with Crippen LogP contribution in [-0.2, 0) is 0 Å². The summed E-state index contributed by atoms with van der Waals surface area (Å²) in [5, 5.41) is 6.48. The summed E-state index contributed by atoms with van der Waals surface area (Å²) in [7, 11) is 0. The Balaban J connectivity index is 2.00. The standard InChI is InChI=1S/C17H15N3O/c1-12-8-16(18)20(17(21)9-12)19-11-13-6-7-14-4-2-3-5-15(14)10-13/h2-11H,18H2,1H3/b19-11-. The van der Waals surface area contributed by atoms with Crippen molar-refractivity contribution in [1.29, 1.82) is 0 Å². The van der Waals surface area contributed by atoms with Crippen molar-refractivity contribution in [2.75, 3.05) is 5.73 Å². The second-order valence-corrected chi connectivity index (χ2v) is 4.96. The van der Waals surface area contributed by atoms with Gasteiger partial charge in [0.2, 0.25) is 0 Å². The average molecular weight is 277 g/mol. The average Bonchev–Trinajstić information content (AvgIpc) is 2.46. The number of fused-ring (bicyclic) bond motifs is 1. The van der Waals surface area contributed by atoms with Gasteiger partial charge in [0.15, 0.2) is 0 Å². The van der Waals surface area contributed by atoms with Crippen molar-refractivity contribution in [3.63, 3.8) is 0 Å². The highest BCUT2D eigenvalue weighted by Gasteiger charge is 2.00. The van der Waals surface area contributed by atoms with Gasteiger partial charge in [-0.05, 0) is 41.0 Å². The lowest BCUT2D eigenvalue weighted by atomic mass is 10.1. The minimum Gasteiger partial charge on any atom is -0.384 e. The Labute approximate surface area is 122 Å². The Morgan fingerprint density at radius 1 is 1.05 bits per heavy atom. The maximum absolute atomic E-state index is 11.9. The summed E-state index contributed by atoms with van der Waals surface area (Å²) >= 11 is 0. The number of nitrogens with zero attached hydrogens (tertiary/aromatic N) is 2. The number of nitrogens with two attached hydrogens (primary N) is 1. The lowest BCUT2D eigenvalue weighted by molar-refractivity contribution is 0.843. The first kappa shape index (κ1) is 13.1. The molecule has 0 amide bonds. The van der Waals surface area contributed by atoms with Gasteiger partial charge in [0, 0.05) is 6.07 Å². The molecule has 0 atom stereocenters. The topological polar surface area (TPSA) is 60.4 Å². The minimum atomic E-state index is -0.232. The van der Waals surface area contributed by atoms with Crippen LogP contribution in [0.3, 0.4) is 0 Å². The largest absolute Gasteiger partial charge is 0.384 e. The predicted molar refractivity (Wildman–Crippen MR) is 86.8 cm³/mol. The molecular weight excluding hydrogens is 262 g/mol. The molecule has 0 unspecified atom stereocenters. The van der Waals surface area contributed by atoms with Gasteiger partial charge in [0.25, 0.3) is 5.56 Å². The molecule has 0 aliphatic carbocycles. The number of aromatic nitrogens is 1. The summed E-state index contributed by atoms with van der Waals surface area (Å²) in [5.74, 6) is 0.331. The zero-order chi connectivity index (χ0) is 14.8. The van der Waals surface area contributed by atoms with Crippen LogP contribution >= 0.6 is 0 Å². The second-order valence-electron chi connectivity index (χ2n) is 4.96. The monoisotopic (exact) mass is 277 g/mol. The molecule has 2 aromatic carbocycles. The molecule has 0 spiro atoms. The Morgan fingerprint density at radius 2 is 1.81 bits per heavy atom. The molecule has 0 bridgehead atoms. The number of hydrogen-bond donors (Lipinski definition) is 1. The summed E-state index contributed by atoms with van der Waals surface area (Å²) in [6.07, 6.45) is 1.64.